The molecule has 3 aliphatic heterocycles. The van der Waals surface area contributed by atoms with Gasteiger partial charge in [0, 0.05) is 30.3 Å². The maximum atomic E-state index is 9.34. The lowest BCUT2D eigenvalue weighted by molar-refractivity contribution is 0.152. The van der Waals surface area contributed by atoms with Crippen molar-refractivity contribution >= 4 is 23.5 Å². The highest BCUT2D eigenvalue weighted by Crippen LogP contribution is 2.47. The Morgan fingerprint density at radius 3 is 2.91 bits per heavy atom. The summed E-state index contributed by atoms with van der Waals surface area (Å²) in [5, 5.41) is 13.6. The molecule has 0 spiro atoms. The van der Waals surface area contributed by atoms with E-state index in [2.05, 4.69) is 27.6 Å². The minimum absolute atomic E-state index is 0.0775. The molecule has 0 aromatic heterocycles. The molecule has 1 atom stereocenters. The average Bonchev–Trinajstić information content (AvgIpc) is 3.27. The fraction of sp³-hybridized carbons (Fsp3) is 0.391. The van der Waals surface area contributed by atoms with Crippen molar-refractivity contribution in [3.05, 3.63) is 46.0 Å². The number of nitrogens with zero attached hydrogens (tertiary/aromatic N) is 2. The van der Waals surface area contributed by atoms with Gasteiger partial charge in [0.25, 0.3) is 0 Å². The summed E-state index contributed by atoms with van der Waals surface area (Å²) in [6, 6.07) is 6.32. The number of nitrogens with two attached hydrogens (primary N) is 1. The molecule has 9 nitrogen and oxygen atoms in total. The van der Waals surface area contributed by atoms with Crippen molar-refractivity contribution in [2.45, 2.75) is 25.4 Å². The molecule has 2 aromatic carbocycles. The number of aliphatic hydroxyl groups is 1. The monoisotopic (exact) mass is 470 g/mol. The number of hydrazone groups is 1. The normalized spacial score (nSPS) is 18.4. The van der Waals surface area contributed by atoms with Gasteiger partial charge < -0.3 is 29.8 Å². The fourth-order valence-corrected chi connectivity index (χ4v) is 4.92. The van der Waals surface area contributed by atoms with Crippen LogP contribution in [0.25, 0.3) is 0 Å². The smallest absolute Gasteiger partial charge is 0.231 e. The molecule has 0 saturated heterocycles. The predicted octanol–water partition coefficient (Wildman–Crippen LogP) is 1.62. The third-order valence-corrected chi connectivity index (χ3v) is 6.39. The number of hydrogen-bond acceptors (Lipinski definition) is 8. The second-order valence-corrected chi connectivity index (χ2v) is 8.55. The Labute approximate surface area is 197 Å². The molecular formula is C23H26N4O5S. The van der Waals surface area contributed by atoms with E-state index in [-0.39, 0.29) is 31.2 Å². The van der Waals surface area contributed by atoms with Crippen LogP contribution in [0.4, 0.5) is 0 Å². The van der Waals surface area contributed by atoms with E-state index in [0.717, 1.165) is 47.6 Å². The SMILES string of the molecule is COc1cc(/C=N/NC(N)=S)c2c(c1OCCO)CN1CCc3cc4c(cc3C1C2)OCO4. The van der Waals surface area contributed by atoms with Crippen molar-refractivity contribution < 1.29 is 24.1 Å². The molecule has 4 N–H and O–H groups in total. The van der Waals surface area contributed by atoms with Crippen LogP contribution in [-0.4, -0.2) is 55.0 Å². The quantitative estimate of drug-likeness (QED) is 0.329. The number of benzene rings is 2. The largest absolute Gasteiger partial charge is 0.493 e. The third kappa shape index (κ3) is 4.05. The highest BCUT2D eigenvalue weighted by molar-refractivity contribution is 7.80. The van der Waals surface area contributed by atoms with E-state index < -0.39 is 0 Å². The lowest BCUT2D eigenvalue weighted by atomic mass is 9.82. The maximum Gasteiger partial charge on any atom is 0.231 e. The summed E-state index contributed by atoms with van der Waals surface area (Å²) in [5.74, 6) is 2.87. The second-order valence-electron chi connectivity index (χ2n) is 8.11. The van der Waals surface area contributed by atoms with E-state index in [0.29, 0.717) is 18.0 Å². The zero-order valence-electron chi connectivity index (χ0n) is 18.3. The van der Waals surface area contributed by atoms with Gasteiger partial charge in [-0.05, 0) is 59.9 Å². The zero-order chi connectivity index (χ0) is 22.9. The fourth-order valence-electron chi connectivity index (χ4n) is 4.87. The van der Waals surface area contributed by atoms with Crippen LogP contribution >= 0.6 is 12.2 Å². The molecule has 0 saturated carbocycles. The van der Waals surface area contributed by atoms with Crippen LogP contribution in [0, 0.1) is 0 Å². The molecule has 174 valence electrons. The Morgan fingerprint density at radius 2 is 2.15 bits per heavy atom. The Balaban J connectivity index is 1.58. The third-order valence-electron chi connectivity index (χ3n) is 6.29. The Kier molecular flexibility index (Phi) is 5.96. The highest BCUT2D eigenvalue weighted by Gasteiger charge is 2.36. The van der Waals surface area contributed by atoms with Crippen LogP contribution in [0.5, 0.6) is 23.0 Å². The Hall–Kier alpha value is -3.08. The summed E-state index contributed by atoms with van der Waals surface area (Å²) in [4.78, 5) is 2.45. The van der Waals surface area contributed by atoms with Crippen molar-refractivity contribution in [3.8, 4) is 23.0 Å². The summed E-state index contributed by atoms with van der Waals surface area (Å²) in [6.07, 6.45) is 3.39. The number of aliphatic hydroxyl groups excluding tert-OH is 1. The van der Waals surface area contributed by atoms with E-state index >= 15 is 0 Å². The first-order valence-electron chi connectivity index (χ1n) is 10.8. The van der Waals surface area contributed by atoms with Crippen LogP contribution < -0.4 is 30.1 Å². The van der Waals surface area contributed by atoms with E-state index in [1.807, 2.05) is 6.07 Å². The molecule has 0 bridgehead atoms. The molecule has 0 fully saturated rings. The van der Waals surface area contributed by atoms with Crippen molar-refractivity contribution in [1.82, 2.24) is 10.3 Å². The first-order valence-corrected chi connectivity index (χ1v) is 11.2. The summed E-state index contributed by atoms with van der Waals surface area (Å²) in [5.41, 5.74) is 13.7. The molecule has 0 radical (unpaired) electrons. The minimum atomic E-state index is -0.0775. The molecule has 3 heterocycles. The van der Waals surface area contributed by atoms with E-state index in [1.54, 1.807) is 13.3 Å². The van der Waals surface area contributed by atoms with Gasteiger partial charge in [-0.25, -0.2) is 0 Å². The number of ether oxygens (including phenoxy) is 4. The van der Waals surface area contributed by atoms with Crippen LogP contribution in [-0.2, 0) is 19.4 Å². The Morgan fingerprint density at radius 1 is 1.33 bits per heavy atom. The lowest BCUT2D eigenvalue weighted by Gasteiger charge is -2.42. The van der Waals surface area contributed by atoms with Gasteiger partial charge in [-0.3, -0.25) is 10.3 Å². The first kappa shape index (κ1) is 21.7. The van der Waals surface area contributed by atoms with Crippen molar-refractivity contribution in [3.63, 3.8) is 0 Å². The van der Waals surface area contributed by atoms with Gasteiger partial charge in [0.1, 0.15) is 6.61 Å². The first-order chi connectivity index (χ1) is 16.1. The van der Waals surface area contributed by atoms with Gasteiger partial charge in [0.2, 0.25) is 6.79 Å². The standard InChI is InChI=1S/C23H26N4O5S/c1-29-21-7-14(10-25-26-23(24)33)15-8-18-16-9-20-19(31-12-32-20)6-13(16)2-3-27(18)11-17(15)22(21)30-5-4-28/h6-7,9-10,18,28H,2-5,8,11-12H2,1H3,(H3,24,26,33)/b25-10+. The average molecular weight is 471 g/mol. The van der Waals surface area contributed by atoms with Crippen LogP contribution in [0.3, 0.4) is 0 Å². The molecule has 5 rings (SSSR count). The number of nitrogens with one attached hydrogen (secondary N) is 1. The van der Waals surface area contributed by atoms with Crippen LogP contribution in [0.15, 0.2) is 23.3 Å². The minimum Gasteiger partial charge on any atom is -0.493 e. The summed E-state index contributed by atoms with van der Waals surface area (Å²) in [6.45, 7) is 1.98. The number of hydrogen-bond donors (Lipinski definition) is 3. The lowest BCUT2D eigenvalue weighted by Crippen LogP contribution is -2.40. The van der Waals surface area contributed by atoms with Gasteiger partial charge in [0.05, 0.1) is 19.9 Å². The molecule has 33 heavy (non-hydrogen) atoms. The van der Waals surface area contributed by atoms with Gasteiger partial charge in [-0.1, -0.05) is 0 Å². The van der Waals surface area contributed by atoms with Crippen molar-refractivity contribution in [2.75, 3.05) is 33.7 Å². The number of fused-ring (bicyclic) bond motifs is 5. The molecule has 1 unspecified atom stereocenters. The summed E-state index contributed by atoms with van der Waals surface area (Å²) in [7, 11) is 1.60. The van der Waals surface area contributed by atoms with Gasteiger partial charge in [0.15, 0.2) is 28.1 Å². The van der Waals surface area contributed by atoms with Crippen molar-refractivity contribution in [2.24, 2.45) is 10.8 Å². The van der Waals surface area contributed by atoms with Crippen molar-refractivity contribution in [1.29, 1.82) is 0 Å². The zero-order valence-corrected chi connectivity index (χ0v) is 19.1. The van der Waals surface area contributed by atoms with Crippen LogP contribution in [0.2, 0.25) is 0 Å². The molecule has 10 heteroatoms. The number of thiocarbonyl (C=S) groups is 1. The molecule has 0 amide bonds. The molecule has 0 aliphatic carbocycles. The van der Waals surface area contributed by atoms with Crippen LogP contribution in [0.1, 0.15) is 33.9 Å². The predicted molar refractivity (Wildman–Crippen MR) is 126 cm³/mol. The second kappa shape index (κ2) is 9.05. The van der Waals surface area contributed by atoms with E-state index in [9.17, 15) is 5.11 Å². The summed E-state index contributed by atoms with van der Waals surface area (Å²) >= 11 is 4.86. The highest BCUT2D eigenvalue weighted by atomic mass is 32.1. The molecular weight excluding hydrogens is 444 g/mol. The Bertz CT molecular complexity index is 1120. The van der Waals surface area contributed by atoms with E-state index in [1.165, 1.54) is 11.1 Å². The van der Waals surface area contributed by atoms with Gasteiger partial charge in [-0.15, -0.1) is 0 Å². The van der Waals surface area contributed by atoms with Gasteiger partial charge in [-0.2, -0.15) is 5.10 Å². The van der Waals surface area contributed by atoms with Gasteiger partial charge >= 0.3 is 0 Å². The molecule has 3 aliphatic rings. The number of methoxy groups -OCH3 is 1. The molecule has 2 aromatic rings. The number of rotatable bonds is 6. The summed E-state index contributed by atoms with van der Waals surface area (Å²) < 4.78 is 22.8. The topological polar surface area (TPSA) is 111 Å². The van der Waals surface area contributed by atoms with E-state index in [4.69, 9.17) is 36.9 Å². The maximum absolute atomic E-state index is 9.34.